The van der Waals surface area contributed by atoms with Gasteiger partial charge in [-0.05, 0) is 31.2 Å². The zero-order chi connectivity index (χ0) is 21.0. The van der Waals surface area contributed by atoms with Crippen LogP contribution in [0.25, 0.3) is 16.6 Å². The van der Waals surface area contributed by atoms with Gasteiger partial charge in [0.25, 0.3) is 5.56 Å². The fraction of sp³-hybridized carbons (Fsp3) is 0.143. The number of rotatable bonds is 2. The number of nitrogens with two attached hydrogens (primary N) is 2. The van der Waals surface area contributed by atoms with Gasteiger partial charge < -0.3 is 11.5 Å². The van der Waals surface area contributed by atoms with Gasteiger partial charge >= 0.3 is 0 Å². The van der Waals surface area contributed by atoms with E-state index < -0.39 is 0 Å². The lowest BCUT2D eigenvalue weighted by atomic mass is 10.2. The van der Waals surface area contributed by atoms with E-state index in [-0.39, 0.29) is 11.5 Å². The van der Waals surface area contributed by atoms with Crippen LogP contribution < -0.4 is 17.0 Å². The van der Waals surface area contributed by atoms with Crippen LogP contribution in [-0.2, 0) is 6.42 Å². The van der Waals surface area contributed by atoms with Crippen LogP contribution >= 0.6 is 11.6 Å². The summed E-state index contributed by atoms with van der Waals surface area (Å²) in [6.45, 7) is 3.80. The molecule has 0 bridgehead atoms. The number of aromatic nitrogens is 4. The average Bonchev–Trinajstić information content (AvgIpc) is 2.67. The summed E-state index contributed by atoms with van der Waals surface area (Å²) in [5, 5.41) is 0.905. The van der Waals surface area contributed by atoms with Crippen molar-refractivity contribution in [3.8, 4) is 5.69 Å². The highest BCUT2D eigenvalue weighted by molar-refractivity contribution is 6.35. The minimum absolute atomic E-state index is 0.122. The summed E-state index contributed by atoms with van der Waals surface area (Å²) in [6.07, 6.45) is 0.673. The molecule has 0 saturated carbocycles. The van der Waals surface area contributed by atoms with Gasteiger partial charge in [0.15, 0.2) is 0 Å². The van der Waals surface area contributed by atoms with Crippen LogP contribution in [-0.4, -0.2) is 19.5 Å². The molecule has 2 aromatic carbocycles. The maximum atomic E-state index is 12.8. The molecular formula is C21H21ClN6O. The van der Waals surface area contributed by atoms with Gasteiger partial charge in [0.2, 0.25) is 5.95 Å². The number of hydrogen-bond donors (Lipinski definition) is 2. The molecule has 148 valence electrons. The lowest BCUT2D eigenvalue weighted by molar-refractivity contribution is 0.833. The Bertz CT molecular complexity index is 1160. The second kappa shape index (κ2) is 8.70. The number of anilines is 2. The number of aryl methyl sites for hydroxylation is 2. The van der Waals surface area contributed by atoms with Crippen molar-refractivity contribution in [2.75, 3.05) is 11.5 Å². The smallest absolute Gasteiger partial charge is 0.267 e. The van der Waals surface area contributed by atoms with Crippen molar-refractivity contribution < 1.29 is 0 Å². The summed E-state index contributed by atoms with van der Waals surface area (Å²) >= 11 is 6.16. The third kappa shape index (κ3) is 4.52. The van der Waals surface area contributed by atoms with Crippen molar-refractivity contribution in [3.05, 3.63) is 81.5 Å². The number of fused-ring (bicyclic) bond motifs is 1. The second-order valence-corrected chi connectivity index (χ2v) is 6.69. The average molecular weight is 409 g/mol. The third-order valence-corrected chi connectivity index (χ3v) is 4.45. The maximum absolute atomic E-state index is 12.8. The first kappa shape index (κ1) is 20.3. The molecule has 0 unspecified atom stereocenters. The van der Waals surface area contributed by atoms with Gasteiger partial charge in [-0.2, -0.15) is 4.98 Å². The number of para-hydroxylation sites is 1. The maximum Gasteiger partial charge on any atom is 0.267 e. The van der Waals surface area contributed by atoms with Crippen LogP contribution in [0.4, 0.5) is 11.8 Å². The minimum atomic E-state index is -0.122. The minimum Gasteiger partial charge on any atom is -0.384 e. The molecule has 0 amide bonds. The first-order chi connectivity index (χ1) is 13.9. The summed E-state index contributed by atoms with van der Waals surface area (Å²) < 4.78 is 1.63. The van der Waals surface area contributed by atoms with Crippen molar-refractivity contribution >= 4 is 34.3 Å². The Morgan fingerprint density at radius 2 is 1.72 bits per heavy atom. The number of benzene rings is 2. The van der Waals surface area contributed by atoms with Crippen molar-refractivity contribution in [2.24, 2.45) is 0 Å². The Labute approximate surface area is 173 Å². The summed E-state index contributed by atoms with van der Waals surface area (Å²) in [6, 6.07) is 16.5. The highest BCUT2D eigenvalue weighted by Gasteiger charge is 2.13. The number of nitrogens with zero attached hydrogens (tertiary/aromatic N) is 4. The lowest BCUT2D eigenvalue weighted by Gasteiger charge is -2.12. The van der Waals surface area contributed by atoms with E-state index >= 15 is 0 Å². The molecule has 4 aromatic rings. The van der Waals surface area contributed by atoms with E-state index in [2.05, 4.69) is 15.0 Å². The van der Waals surface area contributed by atoms with Crippen LogP contribution in [0.1, 0.15) is 18.4 Å². The van der Waals surface area contributed by atoms with E-state index in [0.29, 0.717) is 28.2 Å². The molecule has 0 aliphatic rings. The zero-order valence-corrected chi connectivity index (χ0v) is 16.9. The fourth-order valence-corrected chi connectivity index (χ4v) is 3.18. The summed E-state index contributed by atoms with van der Waals surface area (Å²) in [4.78, 5) is 24.8. The number of nitrogen functional groups attached to an aromatic ring is 2. The first-order valence-electron chi connectivity index (χ1n) is 9.03. The largest absolute Gasteiger partial charge is 0.384 e. The molecule has 0 atom stereocenters. The molecule has 0 spiro atoms. The Morgan fingerprint density at radius 1 is 1.00 bits per heavy atom. The number of halogens is 1. The van der Waals surface area contributed by atoms with E-state index in [9.17, 15) is 4.79 Å². The van der Waals surface area contributed by atoms with Gasteiger partial charge in [0.05, 0.1) is 21.6 Å². The second-order valence-electron chi connectivity index (χ2n) is 6.28. The van der Waals surface area contributed by atoms with E-state index in [1.165, 1.54) is 0 Å². The fourth-order valence-electron chi connectivity index (χ4n) is 2.93. The molecule has 2 heterocycles. The molecule has 8 heteroatoms. The molecule has 0 saturated heterocycles. The molecule has 0 aliphatic heterocycles. The predicted octanol–water partition coefficient (Wildman–Crippen LogP) is 3.55. The number of hydrogen-bond acceptors (Lipinski definition) is 6. The SMILES string of the molecule is CCc1nc2cccc(Cl)c2c(=O)n1-c1ccccc1.Cc1cc(N)nc(N)n1. The van der Waals surface area contributed by atoms with Gasteiger partial charge in [0.1, 0.15) is 11.6 Å². The van der Waals surface area contributed by atoms with Crippen LogP contribution in [0.3, 0.4) is 0 Å². The van der Waals surface area contributed by atoms with Gasteiger partial charge in [-0.15, -0.1) is 0 Å². The summed E-state index contributed by atoms with van der Waals surface area (Å²) in [5.74, 6) is 1.38. The van der Waals surface area contributed by atoms with Gasteiger partial charge in [-0.3, -0.25) is 9.36 Å². The third-order valence-electron chi connectivity index (χ3n) is 4.14. The highest BCUT2D eigenvalue weighted by atomic mass is 35.5. The normalized spacial score (nSPS) is 10.4. The van der Waals surface area contributed by atoms with Crippen molar-refractivity contribution in [2.45, 2.75) is 20.3 Å². The Morgan fingerprint density at radius 3 is 2.34 bits per heavy atom. The van der Waals surface area contributed by atoms with Crippen LogP contribution in [0.2, 0.25) is 5.02 Å². The van der Waals surface area contributed by atoms with E-state index in [0.717, 1.165) is 17.2 Å². The molecule has 7 nitrogen and oxygen atoms in total. The molecular weight excluding hydrogens is 388 g/mol. The molecule has 2 aromatic heterocycles. The topological polar surface area (TPSA) is 113 Å². The molecule has 4 N–H and O–H groups in total. The Balaban J connectivity index is 0.000000224. The van der Waals surface area contributed by atoms with E-state index in [1.54, 1.807) is 16.7 Å². The quantitative estimate of drug-likeness (QED) is 0.524. The highest BCUT2D eigenvalue weighted by Crippen LogP contribution is 2.20. The first-order valence-corrected chi connectivity index (χ1v) is 9.40. The van der Waals surface area contributed by atoms with Crippen LogP contribution in [0.5, 0.6) is 0 Å². The monoisotopic (exact) mass is 408 g/mol. The Kier molecular flexibility index (Phi) is 6.09. The predicted molar refractivity (Wildman–Crippen MR) is 117 cm³/mol. The Hall–Kier alpha value is -3.45. The summed E-state index contributed by atoms with van der Waals surface area (Å²) in [7, 11) is 0. The lowest BCUT2D eigenvalue weighted by Crippen LogP contribution is -2.23. The van der Waals surface area contributed by atoms with Crippen LogP contribution in [0.15, 0.2) is 59.4 Å². The molecule has 0 fully saturated rings. The van der Waals surface area contributed by atoms with Gasteiger partial charge in [-0.1, -0.05) is 42.8 Å². The molecule has 0 aliphatic carbocycles. The van der Waals surface area contributed by atoms with Crippen molar-refractivity contribution in [1.29, 1.82) is 0 Å². The standard InChI is InChI=1S/C16H13ClN2O.C5H8N4/c1-2-14-18-13-10-6-9-12(17)15(13)16(20)19(14)11-7-4-3-5-8-11;1-3-2-4(6)9-5(7)8-3/h3-10H,2H2,1H3;2H,1H3,(H4,6,7,8,9). The van der Waals surface area contributed by atoms with Crippen molar-refractivity contribution in [3.63, 3.8) is 0 Å². The van der Waals surface area contributed by atoms with Gasteiger partial charge in [-0.25, -0.2) is 9.97 Å². The van der Waals surface area contributed by atoms with Crippen molar-refractivity contribution in [1.82, 2.24) is 19.5 Å². The molecule has 0 radical (unpaired) electrons. The molecule has 4 rings (SSSR count). The summed E-state index contributed by atoms with van der Waals surface area (Å²) in [5.41, 5.74) is 12.7. The molecule has 29 heavy (non-hydrogen) atoms. The zero-order valence-electron chi connectivity index (χ0n) is 16.1. The van der Waals surface area contributed by atoms with E-state index in [1.807, 2.05) is 56.3 Å². The van der Waals surface area contributed by atoms with Gasteiger partial charge in [0, 0.05) is 18.2 Å². The van der Waals surface area contributed by atoms with E-state index in [4.69, 9.17) is 23.1 Å². The van der Waals surface area contributed by atoms with Crippen LogP contribution in [0, 0.1) is 6.92 Å².